The maximum Gasteiger partial charge on any atom is 0.273 e. The van der Waals surface area contributed by atoms with E-state index >= 15 is 0 Å². The standard InChI is InChI=1S/C15H16FN3OS.2ClH/c16-12-6-2-1-5-11(12)14-18-13(9-21-14)15(20)19-7-3-4-10(19)8-17;;/h1-2,5-6,9-10H,3-4,7-8,17H2;2*1H. The average Bonchev–Trinajstić information content (AvgIpc) is 3.16. The largest absolute Gasteiger partial charge is 0.333 e. The SMILES string of the molecule is Cl.Cl.NCC1CCCN1C(=O)c1csc(-c2ccccc2F)n1. The first-order chi connectivity index (χ1) is 10.2. The van der Waals surface area contributed by atoms with Crippen molar-refractivity contribution < 1.29 is 9.18 Å². The summed E-state index contributed by atoms with van der Waals surface area (Å²) >= 11 is 1.28. The van der Waals surface area contributed by atoms with Gasteiger partial charge < -0.3 is 10.6 Å². The predicted octanol–water partition coefficient (Wildman–Crippen LogP) is 3.36. The van der Waals surface area contributed by atoms with Crippen LogP contribution in [0.2, 0.25) is 0 Å². The van der Waals surface area contributed by atoms with Gasteiger partial charge in [-0.3, -0.25) is 4.79 Å². The summed E-state index contributed by atoms with van der Waals surface area (Å²) in [5, 5.41) is 2.22. The summed E-state index contributed by atoms with van der Waals surface area (Å²) in [5.41, 5.74) is 6.50. The van der Waals surface area contributed by atoms with Crippen LogP contribution in [0, 0.1) is 5.82 Å². The first-order valence-corrected chi connectivity index (χ1v) is 7.80. The van der Waals surface area contributed by atoms with Gasteiger partial charge in [0.05, 0.1) is 0 Å². The molecule has 1 aliphatic heterocycles. The zero-order chi connectivity index (χ0) is 14.8. The highest BCUT2D eigenvalue weighted by molar-refractivity contribution is 7.13. The van der Waals surface area contributed by atoms with Gasteiger partial charge >= 0.3 is 0 Å². The lowest BCUT2D eigenvalue weighted by Crippen LogP contribution is -2.40. The summed E-state index contributed by atoms with van der Waals surface area (Å²) < 4.78 is 13.8. The molecular formula is C15H18Cl2FN3OS. The first-order valence-electron chi connectivity index (χ1n) is 6.92. The number of nitrogens with zero attached hydrogens (tertiary/aromatic N) is 2. The van der Waals surface area contributed by atoms with Crippen molar-refractivity contribution in [3.63, 3.8) is 0 Å². The Hall–Kier alpha value is -1.21. The van der Waals surface area contributed by atoms with Gasteiger partial charge in [-0.2, -0.15) is 0 Å². The van der Waals surface area contributed by atoms with Crippen molar-refractivity contribution in [1.29, 1.82) is 0 Å². The minimum atomic E-state index is -0.327. The van der Waals surface area contributed by atoms with Crippen LogP contribution in [0.15, 0.2) is 29.6 Å². The molecule has 0 bridgehead atoms. The average molecular weight is 378 g/mol. The van der Waals surface area contributed by atoms with Gasteiger partial charge in [0.25, 0.3) is 5.91 Å². The Morgan fingerprint density at radius 1 is 1.39 bits per heavy atom. The van der Waals surface area contributed by atoms with Crippen LogP contribution in [0.1, 0.15) is 23.3 Å². The first kappa shape index (κ1) is 19.8. The van der Waals surface area contributed by atoms with Crippen LogP contribution in [0.5, 0.6) is 0 Å². The van der Waals surface area contributed by atoms with Gasteiger partial charge in [-0.25, -0.2) is 9.37 Å². The van der Waals surface area contributed by atoms with Crippen LogP contribution in [0.4, 0.5) is 4.39 Å². The smallest absolute Gasteiger partial charge is 0.273 e. The van der Waals surface area contributed by atoms with Crippen molar-refractivity contribution in [3.8, 4) is 10.6 Å². The Labute approximate surface area is 150 Å². The lowest BCUT2D eigenvalue weighted by molar-refractivity contribution is 0.0736. The van der Waals surface area contributed by atoms with E-state index in [0.29, 0.717) is 29.4 Å². The molecule has 8 heteroatoms. The molecule has 0 aliphatic carbocycles. The van der Waals surface area contributed by atoms with Gasteiger partial charge in [0.2, 0.25) is 0 Å². The monoisotopic (exact) mass is 377 g/mol. The van der Waals surface area contributed by atoms with E-state index in [4.69, 9.17) is 5.73 Å². The number of likely N-dealkylation sites (tertiary alicyclic amines) is 1. The summed E-state index contributed by atoms with van der Waals surface area (Å²) in [5.74, 6) is -0.436. The van der Waals surface area contributed by atoms with E-state index in [0.717, 1.165) is 12.8 Å². The second-order valence-electron chi connectivity index (χ2n) is 5.05. The van der Waals surface area contributed by atoms with E-state index < -0.39 is 0 Å². The molecule has 0 spiro atoms. The Morgan fingerprint density at radius 3 is 2.83 bits per heavy atom. The fraction of sp³-hybridized carbons (Fsp3) is 0.333. The van der Waals surface area contributed by atoms with Crippen LogP contribution >= 0.6 is 36.2 Å². The highest BCUT2D eigenvalue weighted by Gasteiger charge is 2.29. The topological polar surface area (TPSA) is 59.2 Å². The van der Waals surface area contributed by atoms with Crippen LogP contribution < -0.4 is 5.73 Å². The molecule has 1 unspecified atom stereocenters. The predicted molar refractivity (Wildman–Crippen MR) is 95.1 cm³/mol. The zero-order valence-corrected chi connectivity index (χ0v) is 14.7. The second-order valence-corrected chi connectivity index (χ2v) is 5.91. The lowest BCUT2D eigenvalue weighted by Gasteiger charge is -2.22. The number of nitrogens with two attached hydrogens (primary N) is 1. The maximum absolute atomic E-state index is 13.8. The molecule has 4 nitrogen and oxygen atoms in total. The van der Waals surface area contributed by atoms with Gasteiger partial charge in [0.15, 0.2) is 0 Å². The molecule has 126 valence electrons. The Morgan fingerprint density at radius 2 is 2.13 bits per heavy atom. The van der Waals surface area contributed by atoms with Crippen molar-refractivity contribution in [2.24, 2.45) is 5.73 Å². The minimum Gasteiger partial charge on any atom is -0.333 e. The molecule has 1 aromatic heterocycles. The Bertz CT molecular complexity index is 668. The van der Waals surface area contributed by atoms with Gasteiger partial charge in [0, 0.05) is 30.1 Å². The third-order valence-electron chi connectivity index (χ3n) is 3.74. The highest BCUT2D eigenvalue weighted by Crippen LogP contribution is 2.27. The molecular weight excluding hydrogens is 360 g/mol. The number of benzene rings is 1. The van der Waals surface area contributed by atoms with E-state index in [-0.39, 0.29) is 42.6 Å². The summed E-state index contributed by atoms with van der Waals surface area (Å²) in [7, 11) is 0. The second kappa shape index (κ2) is 8.59. The summed E-state index contributed by atoms with van der Waals surface area (Å²) in [6.07, 6.45) is 1.91. The molecule has 1 saturated heterocycles. The number of amides is 1. The number of halogens is 3. The Balaban J connectivity index is 0.00000132. The minimum absolute atomic E-state index is 0. The van der Waals surface area contributed by atoms with E-state index in [2.05, 4.69) is 4.98 Å². The number of thiazole rings is 1. The summed E-state index contributed by atoms with van der Waals surface area (Å²) in [6.45, 7) is 1.18. The molecule has 2 N–H and O–H groups in total. The molecule has 0 saturated carbocycles. The summed E-state index contributed by atoms with van der Waals surface area (Å²) in [6, 6.07) is 6.54. The molecule has 1 fully saturated rings. The molecule has 2 aromatic rings. The van der Waals surface area contributed by atoms with Crippen molar-refractivity contribution in [2.75, 3.05) is 13.1 Å². The fourth-order valence-electron chi connectivity index (χ4n) is 2.63. The number of rotatable bonds is 3. The molecule has 1 aromatic carbocycles. The molecule has 1 aliphatic rings. The van der Waals surface area contributed by atoms with Crippen LogP contribution in [-0.2, 0) is 0 Å². The molecule has 3 rings (SSSR count). The van der Waals surface area contributed by atoms with E-state index in [1.54, 1.807) is 28.5 Å². The third-order valence-corrected chi connectivity index (χ3v) is 4.61. The van der Waals surface area contributed by atoms with Crippen molar-refractivity contribution in [1.82, 2.24) is 9.88 Å². The van der Waals surface area contributed by atoms with Crippen LogP contribution in [-0.4, -0.2) is 34.9 Å². The van der Waals surface area contributed by atoms with Crippen molar-refractivity contribution >= 4 is 42.1 Å². The fourth-order valence-corrected chi connectivity index (χ4v) is 3.45. The lowest BCUT2D eigenvalue weighted by atomic mass is 10.2. The van der Waals surface area contributed by atoms with E-state index in [1.165, 1.54) is 17.4 Å². The number of hydrogen-bond donors (Lipinski definition) is 1. The molecule has 2 heterocycles. The number of hydrogen-bond acceptors (Lipinski definition) is 4. The summed E-state index contributed by atoms with van der Waals surface area (Å²) in [4.78, 5) is 18.5. The maximum atomic E-state index is 13.8. The zero-order valence-electron chi connectivity index (χ0n) is 12.3. The Kier molecular flexibility index (Phi) is 7.41. The number of aromatic nitrogens is 1. The van der Waals surface area contributed by atoms with Crippen molar-refractivity contribution in [2.45, 2.75) is 18.9 Å². The number of carbonyl (C=O) groups excluding carboxylic acids is 1. The number of carbonyl (C=O) groups is 1. The van der Waals surface area contributed by atoms with Gasteiger partial charge in [-0.1, -0.05) is 12.1 Å². The van der Waals surface area contributed by atoms with Crippen LogP contribution in [0.25, 0.3) is 10.6 Å². The third kappa shape index (κ3) is 4.01. The quantitative estimate of drug-likeness (QED) is 0.891. The molecule has 1 atom stereocenters. The van der Waals surface area contributed by atoms with Gasteiger partial charge in [0.1, 0.15) is 16.5 Å². The van der Waals surface area contributed by atoms with Crippen LogP contribution in [0.3, 0.4) is 0 Å². The molecule has 1 amide bonds. The van der Waals surface area contributed by atoms with E-state index in [1.807, 2.05) is 0 Å². The highest BCUT2D eigenvalue weighted by atomic mass is 35.5. The normalized spacial score (nSPS) is 16.6. The van der Waals surface area contributed by atoms with Gasteiger partial charge in [-0.05, 0) is 25.0 Å². The van der Waals surface area contributed by atoms with E-state index in [9.17, 15) is 9.18 Å². The van der Waals surface area contributed by atoms with Gasteiger partial charge in [-0.15, -0.1) is 36.2 Å². The molecule has 0 radical (unpaired) electrons. The molecule has 23 heavy (non-hydrogen) atoms. The van der Waals surface area contributed by atoms with Crippen molar-refractivity contribution in [3.05, 3.63) is 41.2 Å².